The largest absolute Gasteiger partial charge is 0.497 e. The lowest BCUT2D eigenvalue weighted by Crippen LogP contribution is -2.37. The summed E-state index contributed by atoms with van der Waals surface area (Å²) in [5.74, 6) is 1.06. The Balaban J connectivity index is 1.65. The van der Waals surface area contributed by atoms with Crippen molar-refractivity contribution >= 4 is 17.7 Å². The summed E-state index contributed by atoms with van der Waals surface area (Å²) in [6, 6.07) is 18.5. The number of thioether (sulfide) groups is 1. The van der Waals surface area contributed by atoms with Gasteiger partial charge in [-0.1, -0.05) is 30.3 Å². The van der Waals surface area contributed by atoms with Crippen LogP contribution < -0.4 is 4.74 Å². The number of nitrogens with zero attached hydrogens (tertiary/aromatic N) is 1. The number of hydrogen-bond acceptors (Lipinski definition) is 3. The highest BCUT2D eigenvalue weighted by atomic mass is 32.2. The lowest BCUT2D eigenvalue weighted by molar-refractivity contribution is -0.131. The number of amides is 1. The number of rotatable bonds is 7. The Morgan fingerprint density at radius 2 is 1.83 bits per heavy atom. The van der Waals surface area contributed by atoms with Crippen LogP contribution >= 0.6 is 11.8 Å². The average molecular weight is 341 g/mol. The van der Waals surface area contributed by atoms with Crippen molar-refractivity contribution in [1.82, 2.24) is 4.90 Å². The first kappa shape index (κ1) is 16.9. The topological polar surface area (TPSA) is 29.5 Å². The molecule has 0 radical (unpaired) electrons. The minimum Gasteiger partial charge on any atom is -0.497 e. The number of carbonyl (C=O) groups excluding carboxylic acids is 1. The van der Waals surface area contributed by atoms with E-state index in [2.05, 4.69) is 17.0 Å². The van der Waals surface area contributed by atoms with Gasteiger partial charge in [-0.2, -0.15) is 0 Å². The first-order valence-corrected chi connectivity index (χ1v) is 9.20. The Kier molecular flexibility index (Phi) is 5.46. The van der Waals surface area contributed by atoms with E-state index in [-0.39, 0.29) is 11.2 Å². The van der Waals surface area contributed by atoms with Gasteiger partial charge in [-0.15, -0.1) is 11.8 Å². The van der Waals surface area contributed by atoms with E-state index in [1.165, 1.54) is 5.56 Å². The van der Waals surface area contributed by atoms with Crippen molar-refractivity contribution in [2.75, 3.05) is 7.11 Å². The highest BCUT2D eigenvalue weighted by Gasteiger charge is 2.34. The monoisotopic (exact) mass is 341 g/mol. The van der Waals surface area contributed by atoms with Crippen molar-refractivity contribution in [3.8, 4) is 5.75 Å². The Labute approximate surface area is 148 Å². The summed E-state index contributed by atoms with van der Waals surface area (Å²) < 4.78 is 5.18. The molecule has 0 saturated heterocycles. The summed E-state index contributed by atoms with van der Waals surface area (Å²) in [6.45, 7) is 2.70. The van der Waals surface area contributed by atoms with E-state index in [0.29, 0.717) is 12.6 Å². The molecule has 0 N–H and O–H groups in total. The van der Waals surface area contributed by atoms with Gasteiger partial charge in [0.1, 0.15) is 5.75 Å². The van der Waals surface area contributed by atoms with Crippen LogP contribution in [0.4, 0.5) is 0 Å². The fraction of sp³-hybridized carbons (Fsp3) is 0.350. The molecule has 0 aliphatic heterocycles. The fourth-order valence-electron chi connectivity index (χ4n) is 2.70. The molecular weight excluding hydrogens is 318 g/mol. The normalized spacial score (nSPS) is 14.9. The molecule has 0 bridgehead atoms. The summed E-state index contributed by atoms with van der Waals surface area (Å²) >= 11 is 1.61. The van der Waals surface area contributed by atoms with Gasteiger partial charge in [0.05, 0.1) is 12.4 Å². The molecule has 0 aromatic heterocycles. The lowest BCUT2D eigenvalue weighted by atomic mass is 10.2. The maximum atomic E-state index is 12.9. The van der Waals surface area contributed by atoms with Crippen molar-refractivity contribution < 1.29 is 9.53 Å². The second-order valence-electron chi connectivity index (χ2n) is 6.12. The van der Waals surface area contributed by atoms with Gasteiger partial charge >= 0.3 is 0 Å². The van der Waals surface area contributed by atoms with Gasteiger partial charge in [0.25, 0.3) is 0 Å². The number of benzene rings is 2. The predicted octanol–water partition coefficient (Wildman–Crippen LogP) is 4.37. The van der Waals surface area contributed by atoms with Crippen LogP contribution in [0.3, 0.4) is 0 Å². The molecule has 1 aliphatic carbocycles. The molecular formula is C20H23NO2S. The standard InChI is InChI=1S/C20H23NO2S/c1-15(24-19-12-10-18(23-2)11-13-19)20(22)21(17-8-9-17)14-16-6-4-3-5-7-16/h3-7,10-13,15,17H,8-9,14H2,1-2H3. The second kappa shape index (κ2) is 7.75. The fourth-order valence-corrected chi connectivity index (χ4v) is 3.63. The molecule has 1 aliphatic rings. The molecule has 24 heavy (non-hydrogen) atoms. The summed E-state index contributed by atoms with van der Waals surface area (Å²) in [4.78, 5) is 16.1. The van der Waals surface area contributed by atoms with Crippen molar-refractivity contribution in [2.45, 2.75) is 42.5 Å². The zero-order valence-corrected chi connectivity index (χ0v) is 15.0. The van der Waals surface area contributed by atoms with E-state index >= 15 is 0 Å². The van der Waals surface area contributed by atoms with E-state index in [0.717, 1.165) is 23.5 Å². The molecule has 1 amide bonds. The molecule has 126 valence electrons. The molecule has 1 saturated carbocycles. The molecule has 0 spiro atoms. The molecule has 1 unspecified atom stereocenters. The number of methoxy groups -OCH3 is 1. The van der Waals surface area contributed by atoms with Crippen LogP contribution in [-0.2, 0) is 11.3 Å². The Bertz CT molecular complexity index is 668. The number of hydrogen-bond donors (Lipinski definition) is 0. The summed E-state index contributed by atoms with van der Waals surface area (Å²) in [5.41, 5.74) is 1.19. The third-order valence-corrected chi connectivity index (χ3v) is 5.29. The van der Waals surface area contributed by atoms with Gasteiger partial charge < -0.3 is 9.64 Å². The van der Waals surface area contributed by atoms with Crippen molar-refractivity contribution in [2.24, 2.45) is 0 Å². The van der Waals surface area contributed by atoms with Crippen LogP contribution in [0.1, 0.15) is 25.3 Å². The van der Waals surface area contributed by atoms with Crippen LogP contribution in [0.25, 0.3) is 0 Å². The number of carbonyl (C=O) groups is 1. The summed E-state index contributed by atoms with van der Waals surface area (Å²) in [6.07, 6.45) is 2.25. The molecule has 1 atom stereocenters. The minimum atomic E-state index is -0.0947. The molecule has 2 aromatic carbocycles. The van der Waals surface area contributed by atoms with Crippen molar-refractivity contribution in [1.29, 1.82) is 0 Å². The van der Waals surface area contributed by atoms with Crippen molar-refractivity contribution in [3.63, 3.8) is 0 Å². The molecule has 2 aromatic rings. The van der Waals surface area contributed by atoms with Crippen LogP contribution in [0.15, 0.2) is 59.5 Å². The van der Waals surface area contributed by atoms with E-state index in [9.17, 15) is 4.79 Å². The third kappa shape index (κ3) is 4.32. The van der Waals surface area contributed by atoms with E-state index < -0.39 is 0 Å². The lowest BCUT2D eigenvalue weighted by Gasteiger charge is -2.25. The van der Waals surface area contributed by atoms with E-state index in [1.54, 1.807) is 18.9 Å². The smallest absolute Gasteiger partial charge is 0.236 e. The zero-order chi connectivity index (χ0) is 16.9. The predicted molar refractivity (Wildman–Crippen MR) is 98.3 cm³/mol. The highest BCUT2D eigenvalue weighted by Crippen LogP contribution is 2.32. The molecule has 0 heterocycles. The van der Waals surface area contributed by atoms with Crippen molar-refractivity contribution in [3.05, 3.63) is 60.2 Å². The Hall–Kier alpha value is -1.94. The summed E-state index contributed by atoms with van der Waals surface area (Å²) in [7, 11) is 1.66. The molecule has 3 rings (SSSR count). The van der Waals surface area contributed by atoms with Gasteiger partial charge in [-0.05, 0) is 49.6 Å². The van der Waals surface area contributed by atoms with Crippen LogP contribution in [-0.4, -0.2) is 29.2 Å². The average Bonchev–Trinajstić information content (AvgIpc) is 3.45. The van der Waals surface area contributed by atoms with Crippen LogP contribution in [0, 0.1) is 0 Å². The molecule has 3 nitrogen and oxygen atoms in total. The van der Waals surface area contributed by atoms with Gasteiger partial charge in [0, 0.05) is 17.5 Å². The quantitative estimate of drug-likeness (QED) is 0.701. The van der Waals surface area contributed by atoms with E-state index in [4.69, 9.17) is 4.74 Å². The maximum Gasteiger partial charge on any atom is 0.236 e. The Morgan fingerprint density at radius 3 is 2.42 bits per heavy atom. The highest BCUT2D eigenvalue weighted by molar-refractivity contribution is 8.00. The van der Waals surface area contributed by atoms with Gasteiger partial charge in [0.15, 0.2) is 0 Å². The Morgan fingerprint density at radius 1 is 1.17 bits per heavy atom. The third-order valence-electron chi connectivity index (χ3n) is 4.19. The van der Waals surface area contributed by atoms with Crippen LogP contribution in [0.2, 0.25) is 0 Å². The molecule has 1 fully saturated rings. The maximum absolute atomic E-state index is 12.9. The van der Waals surface area contributed by atoms with Crippen LogP contribution in [0.5, 0.6) is 5.75 Å². The van der Waals surface area contributed by atoms with Gasteiger partial charge in [-0.3, -0.25) is 4.79 Å². The first-order valence-electron chi connectivity index (χ1n) is 8.32. The SMILES string of the molecule is COc1ccc(SC(C)C(=O)N(Cc2ccccc2)C2CC2)cc1. The summed E-state index contributed by atoms with van der Waals surface area (Å²) in [5, 5.41) is -0.0947. The molecule has 4 heteroatoms. The first-order chi connectivity index (χ1) is 11.7. The number of ether oxygens (including phenoxy) is 1. The minimum absolute atomic E-state index is 0.0947. The van der Waals surface area contributed by atoms with Gasteiger partial charge in [0.2, 0.25) is 5.91 Å². The zero-order valence-electron chi connectivity index (χ0n) is 14.1. The van der Waals surface area contributed by atoms with Gasteiger partial charge in [-0.25, -0.2) is 0 Å². The van der Waals surface area contributed by atoms with E-state index in [1.807, 2.05) is 49.4 Å². The second-order valence-corrected chi connectivity index (χ2v) is 7.53.